The van der Waals surface area contributed by atoms with Crippen molar-refractivity contribution in [1.29, 1.82) is 0 Å². The summed E-state index contributed by atoms with van der Waals surface area (Å²) in [6, 6.07) is 21.1. The molecule has 0 bridgehead atoms. The quantitative estimate of drug-likeness (QED) is 0.156. The molecule has 0 atom stereocenters. The van der Waals surface area contributed by atoms with E-state index in [1.165, 1.54) is 12.1 Å². The van der Waals surface area contributed by atoms with Crippen LogP contribution in [0.15, 0.2) is 79.0 Å². The second-order valence-electron chi connectivity index (χ2n) is 9.79. The highest BCUT2D eigenvalue weighted by Gasteiger charge is 2.28. The zero-order chi connectivity index (χ0) is 27.3. The zero-order valence-electron chi connectivity index (χ0n) is 21.2. The van der Waals surface area contributed by atoms with Crippen LogP contribution in [0.4, 0.5) is 10.1 Å². The summed E-state index contributed by atoms with van der Waals surface area (Å²) in [5, 5.41) is 14.6. The van der Waals surface area contributed by atoms with Gasteiger partial charge < -0.3 is 25.4 Å². The van der Waals surface area contributed by atoms with Crippen molar-refractivity contribution in [1.82, 2.24) is 15.0 Å². The van der Waals surface area contributed by atoms with Gasteiger partial charge in [0.05, 0.1) is 5.69 Å². The number of anilines is 1. The highest BCUT2D eigenvalue weighted by Crippen LogP contribution is 2.44. The van der Waals surface area contributed by atoms with Crippen molar-refractivity contribution in [3.05, 3.63) is 102 Å². The van der Waals surface area contributed by atoms with Crippen molar-refractivity contribution >= 4 is 39.4 Å². The first-order valence-corrected chi connectivity index (χ1v) is 12.6. The minimum Gasteiger partial charge on any atom is -0.477 e. The van der Waals surface area contributed by atoms with Gasteiger partial charge in [0.15, 0.2) is 0 Å². The largest absolute Gasteiger partial charge is 0.477 e. The molecule has 3 aromatic heterocycles. The second-order valence-corrected chi connectivity index (χ2v) is 9.79. The molecule has 0 saturated carbocycles. The lowest BCUT2D eigenvalue weighted by Crippen LogP contribution is -2.11. The fraction of sp³-hybridized carbons (Fsp3) is 0.0968. The van der Waals surface area contributed by atoms with E-state index in [1.807, 2.05) is 56.3 Å². The first-order chi connectivity index (χ1) is 18.8. The summed E-state index contributed by atoms with van der Waals surface area (Å²) >= 11 is 0. The molecule has 6 rings (SSSR count). The predicted octanol–water partition coefficient (Wildman–Crippen LogP) is 7.52. The van der Waals surface area contributed by atoms with Crippen LogP contribution in [0.2, 0.25) is 0 Å². The molecule has 3 aromatic carbocycles. The van der Waals surface area contributed by atoms with Gasteiger partial charge in [-0.3, -0.25) is 4.79 Å². The number of aromatic carboxylic acids is 1. The van der Waals surface area contributed by atoms with Gasteiger partial charge in [-0.05, 0) is 59.5 Å². The van der Waals surface area contributed by atoms with E-state index >= 15 is 0 Å². The van der Waals surface area contributed by atoms with Crippen molar-refractivity contribution in [3.63, 3.8) is 0 Å². The lowest BCUT2D eigenvalue weighted by Gasteiger charge is -2.13. The molecule has 0 fully saturated rings. The molecule has 0 aliphatic rings. The maximum Gasteiger partial charge on any atom is 0.352 e. The number of hydrogen-bond acceptors (Lipinski definition) is 2. The summed E-state index contributed by atoms with van der Waals surface area (Å²) in [4.78, 5) is 34.9. The van der Waals surface area contributed by atoms with Crippen molar-refractivity contribution in [2.24, 2.45) is 0 Å². The number of hydrogen-bond donors (Lipinski definition) is 5. The zero-order valence-corrected chi connectivity index (χ0v) is 21.2. The molecule has 0 spiro atoms. The first-order valence-electron chi connectivity index (χ1n) is 12.6. The van der Waals surface area contributed by atoms with Crippen LogP contribution in [-0.4, -0.2) is 31.9 Å². The van der Waals surface area contributed by atoms with Crippen molar-refractivity contribution in [2.75, 3.05) is 5.32 Å². The number of H-pyrrole nitrogens is 3. The number of halogens is 1. The number of carboxylic acids is 1. The van der Waals surface area contributed by atoms with Gasteiger partial charge in [0.2, 0.25) is 0 Å². The molecule has 3 heterocycles. The molecule has 39 heavy (non-hydrogen) atoms. The molecule has 0 radical (unpaired) electrons. The average Bonchev–Trinajstić information content (AvgIpc) is 3.65. The minimum absolute atomic E-state index is 0.00522. The number of carbonyl (C=O) groups excluding carboxylic acids is 1. The van der Waals surface area contributed by atoms with Crippen LogP contribution in [0, 0.1) is 5.82 Å². The highest BCUT2D eigenvalue weighted by molar-refractivity contribution is 6.11. The van der Waals surface area contributed by atoms with E-state index in [1.54, 1.807) is 24.4 Å². The van der Waals surface area contributed by atoms with E-state index in [-0.39, 0.29) is 17.5 Å². The molecule has 8 heteroatoms. The van der Waals surface area contributed by atoms with Gasteiger partial charge in [-0.15, -0.1) is 0 Å². The van der Waals surface area contributed by atoms with E-state index in [0.717, 1.165) is 10.9 Å². The number of carbonyl (C=O) groups is 2. The average molecular weight is 521 g/mol. The standard InChI is InChI=1S/C31H25FN4O3/c1-16(2)26-27(29(31(38)39)36-28(26)22-13-17(32)14-24-19(22)11-12-33-24)20-9-6-10-23-21(20)15-25(35-23)30(37)34-18-7-4-3-5-8-18/h3-16,33,35-36H,1-2H3,(H,34,37)(H,38,39). The Morgan fingerprint density at radius 1 is 0.872 bits per heavy atom. The fourth-order valence-corrected chi connectivity index (χ4v) is 5.30. The Labute approximate surface area is 222 Å². The van der Waals surface area contributed by atoms with Gasteiger partial charge in [0.1, 0.15) is 17.2 Å². The third-order valence-electron chi connectivity index (χ3n) is 6.94. The molecule has 0 saturated heterocycles. The summed E-state index contributed by atoms with van der Waals surface area (Å²) in [7, 11) is 0. The Morgan fingerprint density at radius 3 is 2.41 bits per heavy atom. The van der Waals surface area contributed by atoms with Crippen LogP contribution in [0.5, 0.6) is 0 Å². The smallest absolute Gasteiger partial charge is 0.352 e. The van der Waals surface area contributed by atoms with E-state index in [0.29, 0.717) is 50.2 Å². The monoisotopic (exact) mass is 520 g/mol. The number of amides is 1. The van der Waals surface area contributed by atoms with Gasteiger partial charge in [-0.2, -0.15) is 0 Å². The van der Waals surface area contributed by atoms with Gasteiger partial charge >= 0.3 is 5.97 Å². The Hall–Kier alpha value is -5.11. The van der Waals surface area contributed by atoms with Gasteiger partial charge in [-0.25, -0.2) is 9.18 Å². The first kappa shape index (κ1) is 24.2. The fourth-order valence-electron chi connectivity index (χ4n) is 5.30. The van der Waals surface area contributed by atoms with Crippen molar-refractivity contribution in [3.8, 4) is 22.4 Å². The Morgan fingerprint density at radius 2 is 1.67 bits per heavy atom. The van der Waals surface area contributed by atoms with Crippen LogP contribution in [-0.2, 0) is 0 Å². The highest BCUT2D eigenvalue weighted by atomic mass is 19.1. The topological polar surface area (TPSA) is 114 Å². The Bertz CT molecular complexity index is 1880. The molecule has 6 aromatic rings. The number of nitrogens with one attached hydrogen (secondary N) is 4. The van der Waals surface area contributed by atoms with E-state index in [4.69, 9.17) is 0 Å². The summed E-state index contributed by atoms with van der Waals surface area (Å²) in [6.07, 6.45) is 1.73. The summed E-state index contributed by atoms with van der Waals surface area (Å²) in [6.45, 7) is 3.96. The molecule has 7 nitrogen and oxygen atoms in total. The summed E-state index contributed by atoms with van der Waals surface area (Å²) in [5.41, 5.74) is 5.39. The maximum absolute atomic E-state index is 14.6. The van der Waals surface area contributed by atoms with E-state index in [2.05, 4.69) is 20.3 Å². The second kappa shape index (κ2) is 9.33. The van der Waals surface area contributed by atoms with E-state index < -0.39 is 11.8 Å². The number of para-hydroxylation sites is 1. The number of aromatic nitrogens is 3. The lowest BCUT2D eigenvalue weighted by atomic mass is 9.89. The Kier molecular flexibility index (Phi) is 5.80. The SMILES string of the molecule is CC(C)c1c(-c2cc(F)cc3[nH]ccc23)[nH]c(C(=O)O)c1-c1cccc2[nH]c(C(=O)Nc3ccccc3)cc12. The van der Waals surface area contributed by atoms with Crippen LogP contribution in [0.1, 0.15) is 46.3 Å². The third kappa shape index (κ3) is 4.16. The number of fused-ring (bicyclic) bond motifs is 2. The summed E-state index contributed by atoms with van der Waals surface area (Å²) in [5.74, 6) is -1.97. The molecular weight excluding hydrogens is 495 g/mol. The Balaban J connectivity index is 1.56. The number of rotatable bonds is 6. The molecule has 5 N–H and O–H groups in total. The predicted molar refractivity (Wildman–Crippen MR) is 151 cm³/mol. The normalized spacial score (nSPS) is 11.5. The van der Waals surface area contributed by atoms with E-state index in [9.17, 15) is 19.1 Å². The molecule has 194 valence electrons. The molecule has 0 unspecified atom stereocenters. The number of aromatic amines is 3. The third-order valence-corrected chi connectivity index (χ3v) is 6.94. The van der Waals surface area contributed by atoms with Gasteiger partial charge in [0, 0.05) is 44.8 Å². The molecule has 1 amide bonds. The van der Waals surface area contributed by atoms with Crippen LogP contribution in [0.3, 0.4) is 0 Å². The van der Waals surface area contributed by atoms with Gasteiger partial charge in [-0.1, -0.05) is 44.2 Å². The van der Waals surface area contributed by atoms with Crippen LogP contribution < -0.4 is 5.32 Å². The lowest BCUT2D eigenvalue weighted by molar-refractivity contribution is 0.0692. The van der Waals surface area contributed by atoms with Crippen molar-refractivity contribution < 1.29 is 19.1 Å². The molecule has 0 aliphatic heterocycles. The van der Waals surface area contributed by atoms with Crippen LogP contribution in [0.25, 0.3) is 44.2 Å². The number of benzene rings is 3. The summed E-state index contributed by atoms with van der Waals surface area (Å²) < 4.78 is 14.6. The minimum atomic E-state index is -1.13. The maximum atomic E-state index is 14.6. The van der Waals surface area contributed by atoms with Crippen LogP contribution >= 0.6 is 0 Å². The van der Waals surface area contributed by atoms with Crippen molar-refractivity contribution in [2.45, 2.75) is 19.8 Å². The number of carboxylic acid groups (broad SMARTS) is 1. The molecule has 0 aliphatic carbocycles. The molecular formula is C31H25FN4O3. The van der Waals surface area contributed by atoms with Gasteiger partial charge in [0.25, 0.3) is 5.91 Å².